The summed E-state index contributed by atoms with van der Waals surface area (Å²) in [6.45, 7) is 3.50. The molecule has 2 aliphatic carbocycles. The molecule has 2 heterocycles. The van der Waals surface area contributed by atoms with Crippen LogP contribution in [0, 0.1) is 5.92 Å². The molecular formula is C17H23BrN4O. The number of aromatic nitrogens is 1. The second kappa shape index (κ2) is 5.83. The first-order valence-corrected chi connectivity index (χ1v) is 9.23. The minimum absolute atomic E-state index is 0.113. The van der Waals surface area contributed by atoms with Gasteiger partial charge in [-0.3, -0.25) is 14.6 Å². The van der Waals surface area contributed by atoms with Crippen LogP contribution in [-0.4, -0.2) is 59.0 Å². The lowest BCUT2D eigenvalue weighted by Crippen LogP contribution is -2.59. The van der Waals surface area contributed by atoms with Crippen molar-refractivity contribution in [3.8, 4) is 0 Å². The molecule has 4 rings (SSSR count). The number of halogens is 1. The Labute approximate surface area is 145 Å². The molecule has 1 aliphatic heterocycles. The van der Waals surface area contributed by atoms with Crippen molar-refractivity contribution < 1.29 is 4.79 Å². The molecular weight excluding hydrogens is 356 g/mol. The van der Waals surface area contributed by atoms with E-state index in [0.717, 1.165) is 30.4 Å². The predicted octanol–water partition coefficient (Wildman–Crippen LogP) is 2.34. The Balaban J connectivity index is 1.29. The third-order valence-electron chi connectivity index (χ3n) is 5.83. The van der Waals surface area contributed by atoms with Crippen molar-refractivity contribution in [2.24, 2.45) is 5.92 Å². The summed E-state index contributed by atoms with van der Waals surface area (Å²) < 4.78 is 0.932. The first-order chi connectivity index (χ1) is 11.1. The van der Waals surface area contributed by atoms with Crippen LogP contribution in [0.2, 0.25) is 0 Å². The number of nitrogens with zero attached hydrogens (tertiary/aromatic N) is 3. The molecule has 0 unspecified atom stereocenters. The number of nitrogens with one attached hydrogen (secondary N) is 1. The van der Waals surface area contributed by atoms with Gasteiger partial charge in [0.25, 0.3) is 0 Å². The van der Waals surface area contributed by atoms with Crippen molar-refractivity contribution >= 4 is 27.7 Å². The van der Waals surface area contributed by atoms with E-state index in [9.17, 15) is 4.79 Å². The first kappa shape index (κ1) is 15.5. The molecule has 0 atom stereocenters. The standard InChI is InChI=1S/C17H23BrN4O/c1-21-6-7-22(11-17(21)3-4-17)14-8-12(9-14)16(23)20-15-10-13(18)2-5-19-15/h2,5,10,12,14H,3-4,6-9,11H2,1H3,(H,19,20,23). The molecule has 1 saturated heterocycles. The highest BCUT2D eigenvalue weighted by molar-refractivity contribution is 9.10. The fourth-order valence-electron chi connectivity index (χ4n) is 3.89. The summed E-state index contributed by atoms with van der Waals surface area (Å²) in [7, 11) is 2.26. The highest BCUT2D eigenvalue weighted by atomic mass is 79.9. The van der Waals surface area contributed by atoms with E-state index in [2.05, 4.69) is 43.1 Å². The third-order valence-corrected chi connectivity index (χ3v) is 6.32. The average molecular weight is 379 g/mol. The third kappa shape index (κ3) is 3.04. The number of pyridine rings is 1. The molecule has 6 heteroatoms. The van der Waals surface area contributed by atoms with E-state index in [4.69, 9.17) is 0 Å². The molecule has 1 amide bonds. The van der Waals surface area contributed by atoms with Crippen molar-refractivity contribution in [3.63, 3.8) is 0 Å². The topological polar surface area (TPSA) is 48.5 Å². The summed E-state index contributed by atoms with van der Waals surface area (Å²) in [6, 6.07) is 4.29. The first-order valence-electron chi connectivity index (χ1n) is 8.43. The van der Waals surface area contributed by atoms with Crippen LogP contribution in [0.25, 0.3) is 0 Å². The van der Waals surface area contributed by atoms with Gasteiger partial charge in [0.15, 0.2) is 0 Å². The van der Waals surface area contributed by atoms with Crippen LogP contribution in [0.5, 0.6) is 0 Å². The smallest absolute Gasteiger partial charge is 0.228 e. The highest BCUT2D eigenvalue weighted by Crippen LogP contribution is 2.45. The maximum atomic E-state index is 12.3. The molecule has 5 nitrogen and oxygen atoms in total. The van der Waals surface area contributed by atoms with Crippen molar-refractivity contribution in [2.75, 3.05) is 32.0 Å². The summed E-state index contributed by atoms with van der Waals surface area (Å²) in [5, 5.41) is 2.94. The number of rotatable bonds is 3. The molecule has 23 heavy (non-hydrogen) atoms. The van der Waals surface area contributed by atoms with E-state index in [1.54, 1.807) is 6.20 Å². The molecule has 2 saturated carbocycles. The zero-order valence-corrected chi connectivity index (χ0v) is 15.1. The quantitative estimate of drug-likeness (QED) is 0.876. The van der Waals surface area contributed by atoms with Gasteiger partial charge < -0.3 is 5.32 Å². The van der Waals surface area contributed by atoms with E-state index in [1.807, 2.05) is 12.1 Å². The van der Waals surface area contributed by atoms with E-state index >= 15 is 0 Å². The van der Waals surface area contributed by atoms with Crippen LogP contribution >= 0.6 is 15.9 Å². The van der Waals surface area contributed by atoms with Crippen LogP contribution in [0.4, 0.5) is 5.82 Å². The lowest BCUT2D eigenvalue weighted by atomic mass is 9.78. The maximum Gasteiger partial charge on any atom is 0.228 e. The summed E-state index contributed by atoms with van der Waals surface area (Å²) in [5.41, 5.74) is 0.464. The number of carbonyl (C=O) groups is 1. The summed E-state index contributed by atoms with van der Waals surface area (Å²) >= 11 is 3.40. The second-order valence-corrected chi connectivity index (χ2v) is 8.20. The molecule has 1 spiro atoms. The van der Waals surface area contributed by atoms with Crippen LogP contribution in [-0.2, 0) is 4.79 Å². The Morgan fingerprint density at radius 2 is 2.17 bits per heavy atom. The molecule has 3 aliphatic rings. The number of hydrogen-bond donors (Lipinski definition) is 1. The SMILES string of the molecule is CN1CCN(C2CC(C(=O)Nc3cc(Br)ccn3)C2)CC12CC2. The van der Waals surface area contributed by atoms with Crippen molar-refractivity contribution in [3.05, 3.63) is 22.8 Å². The van der Waals surface area contributed by atoms with Crippen LogP contribution in [0.3, 0.4) is 0 Å². The number of hydrogen-bond acceptors (Lipinski definition) is 4. The zero-order valence-electron chi connectivity index (χ0n) is 13.5. The Hall–Kier alpha value is -0.980. The van der Waals surface area contributed by atoms with Gasteiger partial charge in [0.2, 0.25) is 5.91 Å². The number of carbonyl (C=O) groups excluding carboxylic acids is 1. The van der Waals surface area contributed by atoms with E-state index < -0.39 is 0 Å². The van der Waals surface area contributed by atoms with E-state index in [0.29, 0.717) is 17.4 Å². The van der Waals surface area contributed by atoms with Gasteiger partial charge in [0, 0.05) is 47.8 Å². The molecule has 1 aromatic heterocycles. The molecule has 0 bridgehead atoms. The fourth-order valence-corrected chi connectivity index (χ4v) is 4.23. The van der Waals surface area contributed by atoms with Crippen molar-refractivity contribution in [1.82, 2.24) is 14.8 Å². The molecule has 1 N–H and O–H groups in total. The lowest BCUT2D eigenvalue weighted by Gasteiger charge is -2.48. The monoisotopic (exact) mass is 378 g/mol. The molecule has 0 aromatic carbocycles. The molecule has 0 radical (unpaired) electrons. The normalized spacial score (nSPS) is 30.0. The van der Waals surface area contributed by atoms with E-state index in [-0.39, 0.29) is 11.8 Å². The van der Waals surface area contributed by atoms with Gasteiger partial charge in [-0.25, -0.2) is 4.98 Å². The average Bonchev–Trinajstić information content (AvgIpc) is 3.22. The summed E-state index contributed by atoms with van der Waals surface area (Å²) in [4.78, 5) is 21.7. The zero-order chi connectivity index (χ0) is 16.0. The van der Waals surface area contributed by atoms with Gasteiger partial charge in [-0.15, -0.1) is 0 Å². The molecule has 124 valence electrons. The van der Waals surface area contributed by atoms with Gasteiger partial charge in [-0.1, -0.05) is 15.9 Å². The predicted molar refractivity (Wildman–Crippen MR) is 93.2 cm³/mol. The van der Waals surface area contributed by atoms with Gasteiger partial charge in [-0.05, 0) is 44.9 Å². The number of anilines is 1. The fraction of sp³-hybridized carbons (Fsp3) is 0.647. The summed E-state index contributed by atoms with van der Waals surface area (Å²) in [5.74, 6) is 0.877. The van der Waals surface area contributed by atoms with Crippen molar-refractivity contribution in [1.29, 1.82) is 0 Å². The van der Waals surface area contributed by atoms with Gasteiger partial charge in [0.1, 0.15) is 5.82 Å². The highest BCUT2D eigenvalue weighted by Gasteiger charge is 2.51. The van der Waals surface area contributed by atoms with Crippen LogP contribution in [0.15, 0.2) is 22.8 Å². The van der Waals surface area contributed by atoms with Crippen LogP contribution < -0.4 is 5.32 Å². The Morgan fingerprint density at radius 3 is 2.87 bits per heavy atom. The molecule has 1 aromatic rings. The van der Waals surface area contributed by atoms with E-state index in [1.165, 1.54) is 19.4 Å². The largest absolute Gasteiger partial charge is 0.310 e. The Kier molecular flexibility index (Phi) is 3.94. The number of piperazine rings is 1. The van der Waals surface area contributed by atoms with Gasteiger partial charge in [-0.2, -0.15) is 0 Å². The number of amides is 1. The maximum absolute atomic E-state index is 12.3. The second-order valence-electron chi connectivity index (χ2n) is 7.29. The Morgan fingerprint density at radius 1 is 1.39 bits per heavy atom. The molecule has 3 fully saturated rings. The van der Waals surface area contributed by atoms with Crippen molar-refractivity contribution in [2.45, 2.75) is 37.3 Å². The van der Waals surface area contributed by atoms with Crippen LogP contribution in [0.1, 0.15) is 25.7 Å². The van der Waals surface area contributed by atoms with Gasteiger partial charge >= 0.3 is 0 Å². The number of likely N-dealkylation sites (N-methyl/N-ethyl adjacent to an activating group) is 1. The summed E-state index contributed by atoms with van der Waals surface area (Å²) in [6.07, 6.45) is 6.35. The van der Waals surface area contributed by atoms with Gasteiger partial charge in [0.05, 0.1) is 0 Å². The lowest BCUT2D eigenvalue weighted by molar-refractivity contribution is -0.125. The minimum atomic E-state index is 0.113. The minimum Gasteiger partial charge on any atom is -0.310 e. The Bertz CT molecular complexity index is 612.